The Morgan fingerprint density at radius 3 is 2.59 bits per heavy atom. The Bertz CT molecular complexity index is 684. The maximum Gasteiger partial charge on any atom is 0.250 e. The number of hydrogen-bond donors (Lipinski definition) is 0. The third-order valence-electron chi connectivity index (χ3n) is 2.53. The number of halogens is 1. The lowest BCUT2D eigenvalue weighted by Gasteiger charge is -2.00. The minimum Gasteiger partial charge on any atom is -0.310 e. The summed E-state index contributed by atoms with van der Waals surface area (Å²) in [6.07, 6.45) is 3.20. The number of aryl methyl sites for hydroxylation is 2. The molecule has 6 nitrogen and oxygen atoms in total. The van der Waals surface area contributed by atoms with Gasteiger partial charge in [-0.15, -0.1) is 4.80 Å². The Hall–Kier alpha value is -1.95. The zero-order chi connectivity index (χ0) is 12.0. The lowest BCUT2D eigenvalue weighted by molar-refractivity contribution is 0.676. The molecule has 0 spiro atoms. The topological polar surface area (TPSA) is 61.4 Å². The largest absolute Gasteiger partial charge is 0.310 e. The predicted molar refractivity (Wildman–Crippen MR) is 63.2 cm³/mol. The highest BCUT2D eigenvalue weighted by Gasteiger charge is 2.14. The van der Waals surface area contributed by atoms with Gasteiger partial charge in [-0.2, -0.15) is 10.2 Å². The van der Waals surface area contributed by atoms with Crippen molar-refractivity contribution in [3.63, 3.8) is 0 Å². The monoisotopic (exact) mass is 248 g/mol. The summed E-state index contributed by atoms with van der Waals surface area (Å²) in [5, 5.41) is 8.50. The number of nitrogens with zero attached hydrogens (tertiary/aromatic N) is 6. The van der Waals surface area contributed by atoms with Crippen LogP contribution in [0.25, 0.3) is 17.0 Å². The van der Waals surface area contributed by atoms with Gasteiger partial charge in [-0.1, -0.05) is 11.6 Å². The van der Waals surface area contributed by atoms with Crippen LogP contribution >= 0.6 is 11.6 Å². The van der Waals surface area contributed by atoms with Crippen molar-refractivity contribution in [3.05, 3.63) is 29.3 Å². The van der Waals surface area contributed by atoms with Crippen molar-refractivity contribution in [2.75, 3.05) is 0 Å². The van der Waals surface area contributed by atoms with Crippen LogP contribution in [0.15, 0.2) is 18.5 Å². The van der Waals surface area contributed by atoms with Crippen LogP contribution in [-0.2, 0) is 7.05 Å². The van der Waals surface area contributed by atoms with Crippen LogP contribution in [0.3, 0.4) is 0 Å². The van der Waals surface area contributed by atoms with Gasteiger partial charge in [0.25, 0.3) is 0 Å². The average Bonchev–Trinajstić information content (AvgIpc) is 2.87. The van der Waals surface area contributed by atoms with Gasteiger partial charge in [0.05, 0.1) is 17.9 Å². The lowest BCUT2D eigenvalue weighted by atomic mass is 10.3. The minimum absolute atomic E-state index is 0.397. The van der Waals surface area contributed by atoms with Crippen LogP contribution in [0.2, 0.25) is 5.15 Å². The molecule has 86 valence electrons. The zero-order valence-corrected chi connectivity index (χ0v) is 10.0. The van der Waals surface area contributed by atoms with E-state index in [4.69, 9.17) is 11.6 Å². The third kappa shape index (κ3) is 1.49. The van der Waals surface area contributed by atoms with Crippen molar-refractivity contribution in [2.24, 2.45) is 7.05 Å². The van der Waals surface area contributed by atoms with E-state index < -0.39 is 0 Å². The van der Waals surface area contributed by atoms with Gasteiger partial charge in [0.1, 0.15) is 5.52 Å². The molecule has 0 unspecified atom stereocenters. The van der Waals surface area contributed by atoms with E-state index in [9.17, 15) is 0 Å². The Morgan fingerprint density at radius 1 is 1.18 bits per heavy atom. The van der Waals surface area contributed by atoms with E-state index in [1.54, 1.807) is 12.4 Å². The Balaban J connectivity index is 2.36. The highest BCUT2D eigenvalue weighted by Crippen LogP contribution is 2.23. The first-order valence-electron chi connectivity index (χ1n) is 5.03. The number of aromatic nitrogens is 6. The van der Waals surface area contributed by atoms with E-state index in [0.717, 1.165) is 11.2 Å². The second kappa shape index (κ2) is 3.53. The normalized spacial score (nSPS) is 11.2. The second-order valence-corrected chi connectivity index (χ2v) is 4.07. The van der Waals surface area contributed by atoms with E-state index in [2.05, 4.69) is 20.2 Å². The van der Waals surface area contributed by atoms with Crippen LogP contribution in [0.5, 0.6) is 0 Å². The Labute approximate surface area is 102 Å². The van der Waals surface area contributed by atoms with Crippen molar-refractivity contribution in [1.29, 1.82) is 0 Å². The molecular weight excluding hydrogens is 240 g/mol. The fourth-order valence-electron chi connectivity index (χ4n) is 1.75. The summed E-state index contributed by atoms with van der Waals surface area (Å²) in [5.41, 5.74) is 2.42. The van der Waals surface area contributed by atoms with Crippen molar-refractivity contribution >= 4 is 22.6 Å². The maximum atomic E-state index is 6.07. The summed E-state index contributed by atoms with van der Waals surface area (Å²) in [6.45, 7) is 1.89. The number of pyridine rings is 1. The van der Waals surface area contributed by atoms with Crippen LogP contribution < -0.4 is 0 Å². The molecule has 0 fully saturated rings. The molecule has 7 heteroatoms. The number of fused-ring (bicyclic) bond motifs is 1. The van der Waals surface area contributed by atoms with E-state index in [1.165, 1.54) is 4.80 Å². The summed E-state index contributed by atoms with van der Waals surface area (Å²) in [7, 11) is 1.89. The van der Waals surface area contributed by atoms with Crippen molar-refractivity contribution in [3.8, 4) is 5.95 Å². The number of imidazole rings is 1. The molecule has 0 aliphatic rings. The SMILES string of the molecule is Cc1cc2c(nc(-n3nccn3)n2C)c(Cl)n1. The van der Waals surface area contributed by atoms with Gasteiger partial charge in [-0.05, 0) is 13.0 Å². The number of hydrogen-bond acceptors (Lipinski definition) is 4. The van der Waals surface area contributed by atoms with Crippen molar-refractivity contribution in [2.45, 2.75) is 6.92 Å². The van der Waals surface area contributed by atoms with Crippen LogP contribution in [0.4, 0.5) is 0 Å². The van der Waals surface area contributed by atoms with Gasteiger partial charge in [-0.3, -0.25) is 0 Å². The molecule has 3 aromatic rings. The number of rotatable bonds is 1. The van der Waals surface area contributed by atoms with Crippen LogP contribution in [0.1, 0.15) is 5.69 Å². The lowest BCUT2D eigenvalue weighted by Crippen LogP contribution is -2.06. The summed E-state index contributed by atoms with van der Waals surface area (Å²) in [6, 6.07) is 1.93. The molecule has 0 aliphatic heterocycles. The van der Waals surface area contributed by atoms with Gasteiger partial charge < -0.3 is 4.57 Å². The molecule has 0 amide bonds. The molecule has 17 heavy (non-hydrogen) atoms. The highest BCUT2D eigenvalue weighted by atomic mass is 35.5. The molecule has 0 aromatic carbocycles. The molecular formula is C10H9ClN6. The fourth-order valence-corrected chi connectivity index (χ4v) is 2.02. The van der Waals surface area contributed by atoms with Crippen molar-refractivity contribution in [1.82, 2.24) is 29.5 Å². The summed E-state index contributed by atoms with van der Waals surface area (Å²) >= 11 is 6.07. The summed E-state index contributed by atoms with van der Waals surface area (Å²) < 4.78 is 1.88. The van der Waals surface area contributed by atoms with Gasteiger partial charge >= 0.3 is 0 Å². The molecule has 0 saturated carbocycles. The van der Waals surface area contributed by atoms with E-state index in [-0.39, 0.29) is 0 Å². The molecule has 0 atom stereocenters. The zero-order valence-electron chi connectivity index (χ0n) is 9.29. The first-order chi connectivity index (χ1) is 8.16. The summed E-state index contributed by atoms with van der Waals surface area (Å²) in [4.78, 5) is 10.0. The Kier molecular flexibility index (Phi) is 2.12. The molecule has 0 radical (unpaired) electrons. The van der Waals surface area contributed by atoms with E-state index in [1.807, 2.05) is 24.6 Å². The van der Waals surface area contributed by atoms with Gasteiger partial charge in [0.15, 0.2) is 5.15 Å². The van der Waals surface area contributed by atoms with Crippen LogP contribution in [-0.4, -0.2) is 29.5 Å². The summed E-state index contributed by atoms with van der Waals surface area (Å²) in [5.74, 6) is 0.610. The molecule has 0 N–H and O–H groups in total. The smallest absolute Gasteiger partial charge is 0.250 e. The van der Waals surface area contributed by atoms with E-state index >= 15 is 0 Å². The molecule has 3 rings (SSSR count). The van der Waals surface area contributed by atoms with E-state index in [0.29, 0.717) is 16.6 Å². The van der Waals surface area contributed by atoms with Gasteiger partial charge in [0.2, 0.25) is 5.95 Å². The standard InChI is InChI=1S/C10H9ClN6/c1-6-5-7-8(9(11)14-6)15-10(16(7)2)17-12-3-4-13-17/h3-5H,1-2H3. The van der Waals surface area contributed by atoms with Crippen LogP contribution in [0, 0.1) is 6.92 Å². The van der Waals surface area contributed by atoms with Gasteiger partial charge in [-0.25, -0.2) is 9.97 Å². The quantitative estimate of drug-likeness (QED) is 0.613. The maximum absolute atomic E-state index is 6.07. The highest BCUT2D eigenvalue weighted by molar-refractivity contribution is 6.33. The van der Waals surface area contributed by atoms with Gasteiger partial charge in [0, 0.05) is 12.7 Å². The minimum atomic E-state index is 0.397. The third-order valence-corrected chi connectivity index (χ3v) is 2.79. The molecule has 0 saturated heterocycles. The molecule has 3 heterocycles. The first-order valence-corrected chi connectivity index (χ1v) is 5.41. The average molecular weight is 249 g/mol. The molecule has 3 aromatic heterocycles. The Morgan fingerprint density at radius 2 is 1.88 bits per heavy atom. The second-order valence-electron chi connectivity index (χ2n) is 3.71. The fraction of sp³-hybridized carbons (Fsp3) is 0.200. The van der Waals surface area contributed by atoms with Crippen molar-refractivity contribution < 1.29 is 0 Å². The first kappa shape index (κ1) is 10.2. The molecule has 0 aliphatic carbocycles. The predicted octanol–water partition coefficient (Wildman–Crippen LogP) is 1.51. The molecule has 0 bridgehead atoms.